The Morgan fingerprint density at radius 3 is 2.78 bits per heavy atom. The van der Waals surface area contributed by atoms with Crippen LogP contribution in [0.2, 0.25) is 5.02 Å². The van der Waals surface area contributed by atoms with E-state index in [1.165, 1.54) is 0 Å². The van der Waals surface area contributed by atoms with Gasteiger partial charge in [0.05, 0.1) is 17.5 Å². The van der Waals surface area contributed by atoms with Crippen LogP contribution < -0.4 is 4.74 Å². The molecule has 0 aliphatic carbocycles. The summed E-state index contributed by atoms with van der Waals surface area (Å²) in [7, 11) is 1.64. The fraction of sp³-hybridized carbons (Fsp3) is 0.214. The van der Waals surface area contributed by atoms with Crippen molar-refractivity contribution in [3.05, 3.63) is 58.9 Å². The van der Waals surface area contributed by atoms with Crippen LogP contribution in [0, 0.1) is 0 Å². The van der Waals surface area contributed by atoms with Crippen LogP contribution in [0.5, 0.6) is 5.75 Å². The van der Waals surface area contributed by atoms with Crippen molar-refractivity contribution in [3.63, 3.8) is 0 Å². The molecule has 0 fully saturated rings. The van der Waals surface area contributed by atoms with E-state index in [1.54, 1.807) is 19.5 Å². The lowest BCUT2D eigenvalue weighted by Gasteiger charge is -2.14. The summed E-state index contributed by atoms with van der Waals surface area (Å²) in [5.41, 5.74) is 1.95. The number of rotatable bonds is 4. The standard InChI is InChI=1S/C14H13Cl2NO/c1-18-14-5-3-2-4-11(14)12(15)8-10-6-7-17-9-13(10)16/h2-7,9,12H,8H2,1H3. The lowest BCUT2D eigenvalue weighted by atomic mass is 10.0. The van der Waals surface area contributed by atoms with E-state index in [0.717, 1.165) is 16.9 Å². The van der Waals surface area contributed by atoms with Crippen molar-refractivity contribution in [1.29, 1.82) is 0 Å². The number of hydrogen-bond acceptors (Lipinski definition) is 2. The molecule has 0 amide bonds. The van der Waals surface area contributed by atoms with Gasteiger partial charge in [-0.1, -0.05) is 29.8 Å². The minimum absolute atomic E-state index is 0.180. The highest BCUT2D eigenvalue weighted by molar-refractivity contribution is 6.31. The molecule has 1 unspecified atom stereocenters. The molecular weight excluding hydrogens is 269 g/mol. The van der Waals surface area contributed by atoms with Crippen LogP contribution in [-0.2, 0) is 6.42 Å². The van der Waals surface area contributed by atoms with E-state index in [2.05, 4.69) is 4.98 Å². The molecule has 0 radical (unpaired) electrons. The van der Waals surface area contributed by atoms with Crippen LogP contribution in [0.25, 0.3) is 0 Å². The maximum absolute atomic E-state index is 6.44. The van der Waals surface area contributed by atoms with Gasteiger partial charge < -0.3 is 4.74 Å². The number of alkyl halides is 1. The quantitative estimate of drug-likeness (QED) is 0.781. The number of pyridine rings is 1. The molecule has 0 saturated heterocycles. The normalized spacial score (nSPS) is 12.2. The van der Waals surface area contributed by atoms with Gasteiger partial charge in [-0.2, -0.15) is 0 Å². The molecule has 1 heterocycles. The summed E-state index contributed by atoms with van der Waals surface area (Å²) in [6.45, 7) is 0. The van der Waals surface area contributed by atoms with Crippen LogP contribution >= 0.6 is 23.2 Å². The summed E-state index contributed by atoms with van der Waals surface area (Å²) < 4.78 is 5.30. The number of nitrogens with zero attached hydrogens (tertiary/aromatic N) is 1. The maximum Gasteiger partial charge on any atom is 0.123 e. The number of halogens is 2. The number of methoxy groups -OCH3 is 1. The zero-order chi connectivity index (χ0) is 13.0. The van der Waals surface area contributed by atoms with Gasteiger partial charge in [0.1, 0.15) is 5.75 Å². The third-order valence-electron chi connectivity index (χ3n) is 2.73. The molecule has 0 saturated carbocycles. The van der Waals surface area contributed by atoms with Crippen molar-refractivity contribution in [2.75, 3.05) is 7.11 Å². The lowest BCUT2D eigenvalue weighted by Crippen LogP contribution is -1.99. The Hall–Kier alpha value is -1.25. The molecule has 1 atom stereocenters. The molecule has 2 nitrogen and oxygen atoms in total. The molecule has 1 aromatic carbocycles. The highest BCUT2D eigenvalue weighted by Gasteiger charge is 2.14. The van der Waals surface area contributed by atoms with Gasteiger partial charge in [-0.15, -0.1) is 11.6 Å². The SMILES string of the molecule is COc1ccccc1C(Cl)Cc1ccncc1Cl. The molecule has 1 aromatic heterocycles. The van der Waals surface area contributed by atoms with E-state index in [1.807, 2.05) is 30.3 Å². The zero-order valence-electron chi connectivity index (χ0n) is 9.94. The van der Waals surface area contributed by atoms with Crippen molar-refractivity contribution in [3.8, 4) is 5.75 Å². The van der Waals surface area contributed by atoms with Gasteiger partial charge in [-0.05, 0) is 24.1 Å². The van der Waals surface area contributed by atoms with Crippen LogP contribution in [0.3, 0.4) is 0 Å². The van der Waals surface area contributed by atoms with E-state index >= 15 is 0 Å². The van der Waals surface area contributed by atoms with Crippen molar-refractivity contribution < 1.29 is 4.74 Å². The van der Waals surface area contributed by atoms with Gasteiger partial charge in [0, 0.05) is 18.0 Å². The predicted molar refractivity (Wildman–Crippen MR) is 74.5 cm³/mol. The smallest absolute Gasteiger partial charge is 0.123 e. The molecule has 0 aliphatic heterocycles. The second kappa shape index (κ2) is 6.07. The minimum atomic E-state index is -0.180. The fourth-order valence-corrected chi connectivity index (χ4v) is 2.34. The molecule has 0 N–H and O–H groups in total. The number of hydrogen-bond donors (Lipinski definition) is 0. The average molecular weight is 282 g/mol. The summed E-state index contributed by atoms with van der Waals surface area (Å²) in [6, 6.07) is 9.62. The highest BCUT2D eigenvalue weighted by Crippen LogP contribution is 2.33. The summed E-state index contributed by atoms with van der Waals surface area (Å²) in [5, 5.41) is 0.457. The predicted octanol–water partition coefficient (Wildman–Crippen LogP) is 4.27. The van der Waals surface area contributed by atoms with Crippen LogP contribution in [0.15, 0.2) is 42.7 Å². The van der Waals surface area contributed by atoms with Gasteiger partial charge in [-0.25, -0.2) is 0 Å². The Kier molecular flexibility index (Phi) is 4.45. The summed E-state index contributed by atoms with van der Waals surface area (Å²) >= 11 is 12.5. The fourth-order valence-electron chi connectivity index (χ4n) is 1.80. The zero-order valence-corrected chi connectivity index (χ0v) is 11.4. The molecule has 0 aliphatic rings. The topological polar surface area (TPSA) is 22.1 Å². The van der Waals surface area contributed by atoms with E-state index in [-0.39, 0.29) is 5.38 Å². The molecule has 0 bridgehead atoms. The Morgan fingerprint density at radius 1 is 1.28 bits per heavy atom. The molecular formula is C14H13Cl2NO. The molecule has 0 spiro atoms. The summed E-state index contributed by atoms with van der Waals surface area (Å²) in [4.78, 5) is 3.96. The Labute approximate surface area is 117 Å². The van der Waals surface area contributed by atoms with E-state index in [0.29, 0.717) is 11.4 Å². The second-order valence-electron chi connectivity index (χ2n) is 3.88. The highest BCUT2D eigenvalue weighted by atomic mass is 35.5. The maximum atomic E-state index is 6.44. The monoisotopic (exact) mass is 281 g/mol. The summed E-state index contributed by atoms with van der Waals surface area (Å²) in [6.07, 6.45) is 3.99. The molecule has 2 aromatic rings. The average Bonchev–Trinajstić information content (AvgIpc) is 2.41. The van der Waals surface area contributed by atoms with Gasteiger partial charge in [0.2, 0.25) is 0 Å². The van der Waals surface area contributed by atoms with Gasteiger partial charge in [0.25, 0.3) is 0 Å². The van der Waals surface area contributed by atoms with Crippen molar-refractivity contribution in [1.82, 2.24) is 4.98 Å². The first kappa shape index (κ1) is 13.2. The van der Waals surface area contributed by atoms with Crippen molar-refractivity contribution in [2.24, 2.45) is 0 Å². The third kappa shape index (κ3) is 2.95. The van der Waals surface area contributed by atoms with Crippen LogP contribution in [0.1, 0.15) is 16.5 Å². The minimum Gasteiger partial charge on any atom is -0.496 e. The third-order valence-corrected chi connectivity index (χ3v) is 3.46. The lowest BCUT2D eigenvalue weighted by molar-refractivity contribution is 0.409. The number of para-hydroxylation sites is 1. The number of benzene rings is 1. The molecule has 94 valence electrons. The van der Waals surface area contributed by atoms with E-state index in [9.17, 15) is 0 Å². The Balaban J connectivity index is 2.22. The van der Waals surface area contributed by atoms with Gasteiger partial charge in [-0.3, -0.25) is 4.98 Å². The molecule has 2 rings (SSSR count). The van der Waals surface area contributed by atoms with E-state index < -0.39 is 0 Å². The molecule has 4 heteroatoms. The summed E-state index contributed by atoms with van der Waals surface area (Å²) in [5.74, 6) is 0.794. The first-order valence-electron chi connectivity index (χ1n) is 5.57. The largest absolute Gasteiger partial charge is 0.496 e. The van der Waals surface area contributed by atoms with Gasteiger partial charge in [0.15, 0.2) is 0 Å². The first-order valence-corrected chi connectivity index (χ1v) is 6.39. The number of aromatic nitrogens is 1. The number of ether oxygens (including phenoxy) is 1. The van der Waals surface area contributed by atoms with E-state index in [4.69, 9.17) is 27.9 Å². The molecule has 18 heavy (non-hydrogen) atoms. The Morgan fingerprint density at radius 2 is 2.06 bits per heavy atom. The van der Waals surface area contributed by atoms with Crippen molar-refractivity contribution >= 4 is 23.2 Å². The van der Waals surface area contributed by atoms with Crippen LogP contribution in [0.4, 0.5) is 0 Å². The van der Waals surface area contributed by atoms with Crippen LogP contribution in [-0.4, -0.2) is 12.1 Å². The first-order chi connectivity index (χ1) is 8.72. The second-order valence-corrected chi connectivity index (χ2v) is 4.81. The Bertz CT molecular complexity index is 531. The van der Waals surface area contributed by atoms with Gasteiger partial charge >= 0.3 is 0 Å². The van der Waals surface area contributed by atoms with Crippen molar-refractivity contribution in [2.45, 2.75) is 11.8 Å².